The predicted octanol–water partition coefficient (Wildman–Crippen LogP) is 1.32. The van der Waals surface area contributed by atoms with Gasteiger partial charge in [0.15, 0.2) is 0 Å². The van der Waals surface area contributed by atoms with E-state index in [0.29, 0.717) is 31.0 Å². The number of benzene rings is 1. The summed E-state index contributed by atoms with van der Waals surface area (Å²) in [4.78, 5) is 22.3. The van der Waals surface area contributed by atoms with Crippen LogP contribution in [0.1, 0.15) is 22.5 Å². The number of hydrogen-bond acceptors (Lipinski definition) is 5. The van der Waals surface area contributed by atoms with Gasteiger partial charge in [-0.1, -0.05) is 12.1 Å². The maximum absolute atomic E-state index is 12.8. The van der Waals surface area contributed by atoms with Crippen LogP contribution in [0.3, 0.4) is 0 Å². The van der Waals surface area contributed by atoms with Crippen LogP contribution in [0.2, 0.25) is 0 Å². The highest BCUT2D eigenvalue weighted by molar-refractivity contribution is 7.89. The summed E-state index contributed by atoms with van der Waals surface area (Å²) >= 11 is 0. The second-order valence-corrected chi connectivity index (χ2v) is 7.89. The number of amides is 1. The van der Waals surface area contributed by atoms with Crippen molar-refractivity contribution in [2.24, 2.45) is 0 Å². The molecule has 1 saturated heterocycles. The molecule has 2 heterocycles. The number of carbonyl (C=O) groups excluding carboxylic acids is 1. The molecule has 0 bridgehead atoms. The number of rotatable bonds is 3. The van der Waals surface area contributed by atoms with Gasteiger partial charge in [-0.2, -0.15) is 4.31 Å². The molecule has 1 aliphatic heterocycles. The van der Waals surface area contributed by atoms with Crippen LogP contribution in [-0.4, -0.2) is 59.7 Å². The summed E-state index contributed by atoms with van der Waals surface area (Å²) in [5.41, 5.74) is 1.17. The third-order valence-electron chi connectivity index (χ3n) is 4.15. The van der Waals surface area contributed by atoms with E-state index in [9.17, 15) is 13.2 Å². The Morgan fingerprint density at radius 3 is 2.68 bits per heavy atom. The molecule has 0 unspecified atom stereocenters. The number of nitrogens with zero attached hydrogens (tertiary/aromatic N) is 4. The van der Waals surface area contributed by atoms with Gasteiger partial charge in [0.2, 0.25) is 10.0 Å². The van der Waals surface area contributed by atoms with Crippen molar-refractivity contribution in [3.63, 3.8) is 0 Å². The standard InChI is InChI=1S/C17H20N4O3S/c1-14-4-2-5-15(12-14)25(23,24)21-9-3-8-20(10-11-21)17(22)16-13-18-6-7-19-16/h2,4-7,12-13H,3,8-11H2,1H3. The Kier molecular flexibility index (Phi) is 5.10. The zero-order valence-corrected chi connectivity index (χ0v) is 14.8. The number of sulfonamides is 1. The van der Waals surface area contributed by atoms with E-state index in [1.165, 1.54) is 22.9 Å². The Morgan fingerprint density at radius 1 is 1.12 bits per heavy atom. The smallest absolute Gasteiger partial charge is 0.274 e. The van der Waals surface area contributed by atoms with Crippen molar-refractivity contribution in [2.45, 2.75) is 18.2 Å². The molecule has 1 aromatic carbocycles. The number of aryl methyl sites for hydroxylation is 1. The lowest BCUT2D eigenvalue weighted by Gasteiger charge is -2.21. The van der Waals surface area contributed by atoms with Gasteiger partial charge < -0.3 is 4.90 Å². The fourth-order valence-electron chi connectivity index (χ4n) is 2.83. The van der Waals surface area contributed by atoms with Gasteiger partial charge in [0.05, 0.1) is 11.1 Å². The molecule has 0 aliphatic carbocycles. The van der Waals surface area contributed by atoms with Gasteiger partial charge in [0, 0.05) is 38.6 Å². The van der Waals surface area contributed by atoms with E-state index in [2.05, 4.69) is 9.97 Å². The van der Waals surface area contributed by atoms with E-state index in [-0.39, 0.29) is 18.1 Å². The quantitative estimate of drug-likeness (QED) is 0.824. The average Bonchev–Trinajstić information content (AvgIpc) is 2.88. The minimum atomic E-state index is -3.55. The molecule has 25 heavy (non-hydrogen) atoms. The first-order valence-electron chi connectivity index (χ1n) is 8.10. The van der Waals surface area contributed by atoms with Gasteiger partial charge in [-0.15, -0.1) is 0 Å². The average molecular weight is 360 g/mol. The molecule has 132 valence electrons. The fourth-order valence-corrected chi connectivity index (χ4v) is 4.41. The Bertz CT molecular complexity index is 855. The number of aromatic nitrogens is 2. The summed E-state index contributed by atoms with van der Waals surface area (Å²) in [7, 11) is -3.55. The SMILES string of the molecule is Cc1cccc(S(=O)(=O)N2CCCN(C(=O)c3cnccn3)CC2)c1. The third-order valence-corrected chi connectivity index (χ3v) is 6.05. The minimum Gasteiger partial charge on any atom is -0.336 e. The first-order valence-corrected chi connectivity index (χ1v) is 9.54. The number of hydrogen-bond donors (Lipinski definition) is 0. The third kappa shape index (κ3) is 3.85. The Hall–Kier alpha value is -2.32. The van der Waals surface area contributed by atoms with Crippen molar-refractivity contribution in [3.05, 3.63) is 54.1 Å². The zero-order valence-electron chi connectivity index (χ0n) is 14.0. The number of carbonyl (C=O) groups is 1. The van der Waals surface area contributed by atoms with Gasteiger partial charge in [0.1, 0.15) is 5.69 Å². The maximum Gasteiger partial charge on any atom is 0.274 e. The molecule has 0 radical (unpaired) electrons. The molecule has 1 amide bonds. The van der Waals surface area contributed by atoms with Crippen molar-refractivity contribution in [2.75, 3.05) is 26.2 Å². The largest absolute Gasteiger partial charge is 0.336 e. The first-order chi connectivity index (χ1) is 12.0. The van der Waals surface area contributed by atoms with E-state index in [1.54, 1.807) is 23.1 Å². The van der Waals surface area contributed by atoms with Crippen molar-refractivity contribution >= 4 is 15.9 Å². The Balaban J connectivity index is 1.74. The topological polar surface area (TPSA) is 83.5 Å². The van der Waals surface area contributed by atoms with Crippen LogP contribution >= 0.6 is 0 Å². The van der Waals surface area contributed by atoms with Crippen molar-refractivity contribution < 1.29 is 13.2 Å². The summed E-state index contributed by atoms with van der Waals surface area (Å²) in [5.74, 6) is -0.220. The van der Waals surface area contributed by atoms with Crippen molar-refractivity contribution in [1.29, 1.82) is 0 Å². The van der Waals surface area contributed by atoms with E-state index >= 15 is 0 Å². The molecule has 2 aromatic rings. The van der Waals surface area contributed by atoms with Crippen LogP contribution in [0.25, 0.3) is 0 Å². The Labute approximate surface area is 147 Å². The highest BCUT2D eigenvalue weighted by Gasteiger charge is 2.28. The monoisotopic (exact) mass is 360 g/mol. The molecule has 7 nitrogen and oxygen atoms in total. The molecule has 1 aromatic heterocycles. The van der Waals surface area contributed by atoms with Crippen LogP contribution in [0.15, 0.2) is 47.8 Å². The van der Waals surface area contributed by atoms with E-state index in [1.807, 2.05) is 13.0 Å². The van der Waals surface area contributed by atoms with Crippen LogP contribution in [-0.2, 0) is 10.0 Å². The molecule has 8 heteroatoms. The fraction of sp³-hybridized carbons (Fsp3) is 0.353. The lowest BCUT2D eigenvalue weighted by Crippen LogP contribution is -2.37. The van der Waals surface area contributed by atoms with Crippen LogP contribution < -0.4 is 0 Å². The Morgan fingerprint density at radius 2 is 1.96 bits per heavy atom. The van der Waals surface area contributed by atoms with Gasteiger partial charge in [-0.3, -0.25) is 9.78 Å². The minimum absolute atomic E-state index is 0.220. The lowest BCUT2D eigenvalue weighted by atomic mass is 10.2. The predicted molar refractivity (Wildman–Crippen MR) is 92.5 cm³/mol. The second-order valence-electron chi connectivity index (χ2n) is 5.96. The first kappa shape index (κ1) is 17.5. The molecule has 0 spiro atoms. The summed E-state index contributed by atoms with van der Waals surface area (Å²) < 4.78 is 27.1. The summed E-state index contributed by atoms with van der Waals surface area (Å²) in [5, 5.41) is 0. The van der Waals surface area contributed by atoms with Crippen molar-refractivity contribution in [3.8, 4) is 0 Å². The molecule has 0 N–H and O–H groups in total. The maximum atomic E-state index is 12.8. The van der Waals surface area contributed by atoms with Crippen LogP contribution in [0, 0.1) is 6.92 Å². The zero-order chi connectivity index (χ0) is 17.9. The molecular weight excluding hydrogens is 340 g/mol. The normalized spacial score (nSPS) is 16.4. The summed E-state index contributed by atoms with van der Waals surface area (Å²) in [6.45, 7) is 3.35. The van der Waals surface area contributed by atoms with Gasteiger partial charge in [-0.25, -0.2) is 13.4 Å². The van der Waals surface area contributed by atoms with E-state index < -0.39 is 10.0 Å². The highest BCUT2D eigenvalue weighted by Crippen LogP contribution is 2.19. The van der Waals surface area contributed by atoms with Crippen molar-refractivity contribution in [1.82, 2.24) is 19.2 Å². The highest BCUT2D eigenvalue weighted by atomic mass is 32.2. The molecule has 1 fully saturated rings. The molecule has 1 aliphatic rings. The van der Waals surface area contributed by atoms with Gasteiger partial charge >= 0.3 is 0 Å². The van der Waals surface area contributed by atoms with Crippen LogP contribution in [0.4, 0.5) is 0 Å². The lowest BCUT2D eigenvalue weighted by molar-refractivity contribution is 0.0758. The molecular formula is C17H20N4O3S. The molecule has 0 atom stereocenters. The van der Waals surface area contributed by atoms with E-state index in [4.69, 9.17) is 0 Å². The van der Waals surface area contributed by atoms with Crippen LogP contribution in [0.5, 0.6) is 0 Å². The molecule has 0 saturated carbocycles. The summed E-state index contributed by atoms with van der Waals surface area (Å²) in [6, 6.07) is 6.88. The van der Waals surface area contributed by atoms with Gasteiger partial charge in [-0.05, 0) is 31.0 Å². The van der Waals surface area contributed by atoms with E-state index in [0.717, 1.165) is 5.56 Å². The molecule has 3 rings (SSSR count). The van der Waals surface area contributed by atoms with Gasteiger partial charge in [0.25, 0.3) is 5.91 Å². The second kappa shape index (κ2) is 7.28. The summed E-state index contributed by atoms with van der Waals surface area (Å²) in [6.07, 6.45) is 4.99.